The van der Waals surface area contributed by atoms with Gasteiger partial charge in [0.05, 0.1) is 19.0 Å². The molecule has 1 atom stereocenters. The first kappa shape index (κ1) is 16.7. The molecule has 1 N–H and O–H groups in total. The Morgan fingerprint density at radius 2 is 1.92 bits per heavy atom. The Kier molecular flexibility index (Phi) is 5.09. The molecular formula is C19H18N2O4. The van der Waals surface area contributed by atoms with Gasteiger partial charge >= 0.3 is 6.09 Å². The minimum absolute atomic E-state index is 0.0449. The van der Waals surface area contributed by atoms with Crippen LogP contribution in [0.2, 0.25) is 0 Å². The maximum Gasteiger partial charge on any atom is 0.416 e. The minimum atomic E-state index is -0.610. The van der Waals surface area contributed by atoms with Gasteiger partial charge in [0.15, 0.2) is 0 Å². The molecule has 2 aromatic carbocycles. The summed E-state index contributed by atoms with van der Waals surface area (Å²) in [6.07, 6.45) is 0.979. The molecule has 1 heterocycles. The number of aromatic hydroxyl groups is 1. The molecule has 0 radical (unpaired) electrons. The van der Waals surface area contributed by atoms with Crippen molar-refractivity contribution in [3.63, 3.8) is 0 Å². The lowest BCUT2D eigenvalue weighted by atomic mass is 10.0. The van der Waals surface area contributed by atoms with Crippen molar-refractivity contribution in [3.05, 3.63) is 65.7 Å². The van der Waals surface area contributed by atoms with E-state index in [9.17, 15) is 14.7 Å². The average Bonchev–Trinajstić information content (AvgIpc) is 3.06. The molecule has 3 rings (SSSR count). The number of carbonyl (C=O) groups excluding carboxylic acids is 2. The van der Waals surface area contributed by atoms with Gasteiger partial charge < -0.3 is 9.84 Å². The van der Waals surface area contributed by atoms with Crippen LogP contribution in [-0.4, -0.2) is 41.4 Å². The highest BCUT2D eigenvalue weighted by Gasteiger charge is 2.30. The summed E-state index contributed by atoms with van der Waals surface area (Å²) >= 11 is 0. The van der Waals surface area contributed by atoms with Gasteiger partial charge in [0.1, 0.15) is 12.4 Å². The Labute approximate surface area is 145 Å². The first-order valence-corrected chi connectivity index (χ1v) is 7.98. The van der Waals surface area contributed by atoms with Gasteiger partial charge in [0.25, 0.3) is 0 Å². The fourth-order valence-corrected chi connectivity index (χ4v) is 2.59. The number of nitrogens with zero attached hydrogens (tertiary/aromatic N) is 2. The smallest absolute Gasteiger partial charge is 0.416 e. The SMILES string of the molecule is O=C(C[C@H](N=Cc1ccccc1O)c1ccccc1)N1CCOC1=O. The second kappa shape index (κ2) is 7.61. The molecule has 0 aliphatic carbocycles. The van der Waals surface area contributed by atoms with Crippen molar-refractivity contribution in [2.45, 2.75) is 12.5 Å². The zero-order valence-electron chi connectivity index (χ0n) is 13.5. The summed E-state index contributed by atoms with van der Waals surface area (Å²) in [6.45, 7) is 0.490. The third-order valence-electron chi connectivity index (χ3n) is 3.94. The lowest BCUT2D eigenvalue weighted by Crippen LogP contribution is -2.32. The average molecular weight is 338 g/mol. The van der Waals surface area contributed by atoms with E-state index >= 15 is 0 Å². The van der Waals surface area contributed by atoms with E-state index in [1.807, 2.05) is 30.3 Å². The maximum absolute atomic E-state index is 12.4. The molecular weight excluding hydrogens is 320 g/mol. The molecule has 6 heteroatoms. The first-order chi connectivity index (χ1) is 12.1. The highest BCUT2D eigenvalue weighted by Crippen LogP contribution is 2.24. The van der Waals surface area contributed by atoms with Crippen molar-refractivity contribution in [1.29, 1.82) is 0 Å². The molecule has 2 amide bonds. The highest BCUT2D eigenvalue weighted by atomic mass is 16.6. The molecule has 6 nitrogen and oxygen atoms in total. The molecule has 128 valence electrons. The normalized spacial score (nSPS) is 15.4. The van der Waals surface area contributed by atoms with Crippen LogP contribution in [0.3, 0.4) is 0 Å². The molecule has 1 aliphatic heterocycles. The quantitative estimate of drug-likeness (QED) is 0.850. The molecule has 1 fully saturated rings. The van der Waals surface area contributed by atoms with E-state index in [-0.39, 0.29) is 31.2 Å². The number of para-hydroxylation sites is 1. The number of imide groups is 1. The topological polar surface area (TPSA) is 79.2 Å². The van der Waals surface area contributed by atoms with E-state index in [2.05, 4.69) is 4.99 Å². The predicted molar refractivity (Wildman–Crippen MR) is 92.6 cm³/mol. The molecule has 1 aliphatic rings. The van der Waals surface area contributed by atoms with Crippen LogP contribution in [0, 0.1) is 0 Å². The van der Waals surface area contributed by atoms with Gasteiger partial charge in [-0.2, -0.15) is 0 Å². The lowest BCUT2D eigenvalue weighted by molar-refractivity contribution is -0.128. The number of phenolic OH excluding ortho intramolecular Hbond substituents is 1. The van der Waals surface area contributed by atoms with Crippen LogP contribution in [0.4, 0.5) is 4.79 Å². The number of rotatable bonds is 5. The van der Waals surface area contributed by atoms with Gasteiger partial charge in [-0.05, 0) is 17.7 Å². The van der Waals surface area contributed by atoms with Crippen LogP contribution >= 0.6 is 0 Å². The van der Waals surface area contributed by atoms with Gasteiger partial charge in [0.2, 0.25) is 5.91 Å². The van der Waals surface area contributed by atoms with Crippen molar-refractivity contribution < 1.29 is 19.4 Å². The molecule has 25 heavy (non-hydrogen) atoms. The highest BCUT2D eigenvalue weighted by molar-refractivity contribution is 5.93. The zero-order chi connectivity index (χ0) is 17.6. The summed E-state index contributed by atoms with van der Waals surface area (Å²) in [5.41, 5.74) is 1.42. The van der Waals surface area contributed by atoms with E-state index in [1.54, 1.807) is 30.5 Å². The number of hydrogen-bond acceptors (Lipinski definition) is 5. The van der Waals surface area contributed by atoms with Gasteiger partial charge in [0, 0.05) is 11.8 Å². The van der Waals surface area contributed by atoms with Gasteiger partial charge in [-0.15, -0.1) is 0 Å². The van der Waals surface area contributed by atoms with E-state index < -0.39 is 12.1 Å². The third-order valence-corrected chi connectivity index (χ3v) is 3.94. The van der Waals surface area contributed by atoms with Crippen LogP contribution in [0.15, 0.2) is 59.6 Å². The molecule has 0 saturated carbocycles. The van der Waals surface area contributed by atoms with Gasteiger partial charge in [-0.1, -0.05) is 42.5 Å². The second-order valence-corrected chi connectivity index (χ2v) is 5.63. The molecule has 0 spiro atoms. The van der Waals surface area contributed by atoms with Crippen LogP contribution in [0.1, 0.15) is 23.6 Å². The number of hydrogen-bond donors (Lipinski definition) is 1. The van der Waals surface area contributed by atoms with E-state index in [0.717, 1.165) is 10.5 Å². The number of ether oxygens (including phenoxy) is 1. The fraction of sp³-hybridized carbons (Fsp3) is 0.211. The standard InChI is InChI=1S/C19H18N2O4/c22-17-9-5-4-8-15(17)13-20-16(14-6-2-1-3-7-14)12-18(23)21-10-11-25-19(21)24/h1-9,13,16,22H,10-12H2/t16-/m0/s1. The summed E-state index contributed by atoms with van der Waals surface area (Å²) in [5.74, 6) is -0.210. The van der Waals surface area contributed by atoms with Crippen molar-refractivity contribution in [1.82, 2.24) is 4.90 Å². The van der Waals surface area contributed by atoms with Crippen molar-refractivity contribution in [3.8, 4) is 5.75 Å². The Bertz CT molecular complexity index is 789. The third kappa shape index (κ3) is 4.03. The Morgan fingerprint density at radius 1 is 1.20 bits per heavy atom. The van der Waals surface area contributed by atoms with Crippen molar-refractivity contribution in [2.24, 2.45) is 4.99 Å². The number of benzene rings is 2. The summed E-state index contributed by atoms with van der Waals surface area (Å²) in [6, 6.07) is 15.7. The van der Waals surface area contributed by atoms with E-state index in [0.29, 0.717) is 5.56 Å². The van der Waals surface area contributed by atoms with Gasteiger partial charge in [-0.3, -0.25) is 9.79 Å². The number of amides is 2. The number of phenols is 1. The molecule has 2 aromatic rings. The Morgan fingerprint density at radius 3 is 2.60 bits per heavy atom. The van der Waals surface area contributed by atoms with Crippen LogP contribution in [-0.2, 0) is 9.53 Å². The number of carbonyl (C=O) groups is 2. The van der Waals surface area contributed by atoms with E-state index in [1.165, 1.54) is 0 Å². The van der Waals surface area contributed by atoms with Gasteiger partial charge in [-0.25, -0.2) is 9.69 Å². The van der Waals surface area contributed by atoms with E-state index in [4.69, 9.17) is 4.74 Å². The summed E-state index contributed by atoms with van der Waals surface area (Å²) in [5, 5.41) is 9.86. The largest absolute Gasteiger partial charge is 0.507 e. The molecule has 0 bridgehead atoms. The summed E-state index contributed by atoms with van der Waals surface area (Å²) < 4.78 is 4.81. The molecule has 1 saturated heterocycles. The first-order valence-electron chi connectivity index (χ1n) is 7.98. The fourth-order valence-electron chi connectivity index (χ4n) is 2.59. The Hall–Kier alpha value is -3.15. The monoisotopic (exact) mass is 338 g/mol. The Balaban J connectivity index is 1.82. The zero-order valence-corrected chi connectivity index (χ0v) is 13.5. The van der Waals surface area contributed by atoms with Crippen LogP contribution < -0.4 is 0 Å². The van der Waals surface area contributed by atoms with Crippen molar-refractivity contribution >= 4 is 18.2 Å². The summed E-state index contributed by atoms with van der Waals surface area (Å²) in [4.78, 5) is 29.6. The molecule has 0 unspecified atom stereocenters. The summed E-state index contributed by atoms with van der Waals surface area (Å²) in [7, 11) is 0. The number of aliphatic imine (C=N–C) groups is 1. The second-order valence-electron chi connectivity index (χ2n) is 5.63. The lowest BCUT2D eigenvalue weighted by Gasteiger charge is -2.16. The van der Waals surface area contributed by atoms with Crippen LogP contribution in [0.5, 0.6) is 5.75 Å². The minimum Gasteiger partial charge on any atom is -0.507 e. The number of cyclic esters (lactones) is 1. The van der Waals surface area contributed by atoms with Crippen LogP contribution in [0.25, 0.3) is 0 Å². The molecule has 0 aromatic heterocycles. The maximum atomic E-state index is 12.4. The van der Waals surface area contributed by atoms with Crippen molar-refractivity contribution in [2.75, 3.05) is 13.2 Å². The predicted octanol–water partition coefficient (Wildman–Crippen LogP) is 2.92.